The van der Waals surface area contributed by atoms with Gasteiger partial charge in [-0.25, -0.2) is 0 Å². The second kappa shape index (κ2) is 6.16. The van der Waals surface area contributed by atoms with Crippen molar-refractivity contribution in [1.82, 2.24) is 0 Å². The van der Waals surface area contributed by atoms with Crippen LogP contribution in [0.1, 0.15) is 22.3 Å². The Balaban J connectivity index is 2.10. The summed E-state index contributed by atoms with van der Waals surface area (Å²) in [7, 11) is 0. The molecule has 0 bridgehead atoms. The summed E-state index contributed by atoms with van der Waals surface area (Å²) in [5.41, 5.74) is 6.54. The Morgan fingerprint density at radius 3 is 2.05 bits per heavy atom. The summed E-state index contributed by atoms with van der Waals surface area (Å²) in [4.78, 5) is 1.31. The number of rotatable bonds is 4. The first kappa shape index (κ1) is 14.0. The van der Waals surface area contributed by atoms with Gasteiger partial charge in [-0.05, 0) is 55.9 Å². The number of anilines is 1. The van der Waals surface area contributed by atoms with E-state index >= 15 is 0 Å². The fourth-order valence-corrected chi connectivity index (χ4v) is 2.80. The van der Waals surface area contributed by atoms with E-state index in [-0.39, 0.29) is 0 Å². The highest BCUT2D eigenvalue weighted by molar-refractivity contribution is 7.98. The average Bonchev–Trinajstić information content (AvgIpc) is 2.38. The van der Waals surface area contributed by atoms with E-state index < -0.39 is 0 Å². The summed E-state index contributed by atoms with van der Waals surface area (Å²) < 4.78 is 0. The molecule has 0 atom stereocenters. The lowest BCUT2D eigenvalue weighted by Crippen LogP contribution is -2.03. The zero-order chi connectivity index (χ0) is 13.8. The molecule has 2 aromatic rings. The molecule has 0 spiro atoms. The molecule has 19 heavy (non-hydrogen) atoms. The van der Waals surface area contributed by atoms with Crippen molar-refractivity contribution in [3.05, 3.63) is 58.7 Å². The predicted octanol–water partition coefficient (Wildman–Crippen LogP) is 4.95. The van der Waals surface area contributed by atoms with E-state index in [0.717, 1.165) is 6.54 Å². The van der Waals surface area contributed by atoms with Gasteiger partial charge in [0.25, 0.3) is 0 Å². The lowest BCUT2D eigenvalue weighted by molar-refractivity contribution is 1.12. The molecular formula is C17H21NS. The van der Waals surface area contributed by atoms with Gasteiger partial charge in [-0.15, -0.1) is 11.8 Å². The van der Waals surface area contributed by atoms with Crippen LogP contribution >= 0.6 is 11.8 Å². The first-order valence-corrected chi connectivity index (χ1v) is 7.77. The Morgan fingerprint density at radius 1 is 0.947 bits per heavy atom. The van der Waals surface area contributed by atoms with Gasteiger partial charge in [0.05, 0.1) is 0 Å². The zero-order valence-electron chi connectivity index (χ0n) is 12.1. The van der Waals surface area contributed by atoms with Crippen molar-refractivity contribution in [3.8, 4) is 0 Å². The third kappa shape index (κ3) is 3.54. The summed E-state index contributed by atoms with van der Waals surface area (Å²) in [5, 5.41) is 3.56. The molecule has 2 aromatic carbocycles. The molecule has 0 aliphatic carbocycles. The molecule has 1 N–H and O–H groups in total. The molecule has 1 nitrogen and oxygen atoms in total. The van der Waals surface area contributed by atoms with Gasteiger partial charge in [0.15, 0.2) is 0 Å². The maximum absolute atomic E-state index is 3.56. The molecule has 0 radical (unpaired) electrons. The molecule has 0 aromatic heterocycles. The smallest absolute Gasteiger partial charge is 0.0402 e. The normalized spacial score (nSPS) is 10.5. The maximum atomic E-state index is 3.56. The molecule has 0 saturated carbocycles. The highest BCUT2D eigenvalue weighted by Crippen LogP contribution is 2.23. The third-order valence-electron chi connectivity index (χ3n) is 3.31. The quantitative estimate of drug-likeness (QED) is 0.790. The highest BCUT2D eigenvalue weighted by Gasteiger charge is 2.03. The van der Waals surface area contributed by atoms with E-state index in [2.05, 4.69) is 68.7 Å². The molecule has 2 rings (SSSR count). The predicted molar refractivity (Wildman–Crippen MR) is 86.2 cm³/mol. The summed E-state index contributed by atoms with van der Waals surface area (Å²) in [6.07, 6.45) is 2.10. The van der Waals surface area contributed by atoms with Crippen molar-refractivity contribution in [2.24, 2.45) is 0 Å². The van der Waals surface area contributed by atoms with E-state index in [4.69, 9.17) is 0 Å². The number of hydrogen-bond acceptors (Lipinski definition) is 2. The van der Waals surface area contributed by atoms with Crippen LogP contribution in [0.5, 0.6) is 0 Å². The first-order chi connectivity index (χ1) is 9.10. The Labute approximate surface area is 120 Å². The molecule has 0 fully saturated rings. The lowest BCUT2D eigenvalue weighted by atomic mass is 10.0. The van der Waals surface area contributed by atoms with Crippen molar-refractivity contribution < 1.29 is 0 Å². The molecule has 0 saturated heterocycles. The van der Waals surface area contributed by atoms with Crippen molar-refractivity contribution in [1.29, 1.82) is 0 Å². The minimum absolute atomic E-state index is 0.874. The molecule has 0 aliphatic rings. The maximum Gasteiger partial charge on any atom is 0.0402 e. The summed E-state index contributed by atoms with van der Waals surface area (Å²) in [5.74, 6) is 0. The van der Waals surface area contributed by atoms with Gasteiger partial charge in [-0.1, -0.05) is 29.8 Å². The molecule has 0 heterocycles. The van der Waals surface area contributed by atoms with Crippen LogP contribution in [-0.2, 0) is 6.54 Å². The minimum atomic E-state index is 0.874. The monoisotopic (exact) mass is 271 g/mol. The van der Waals surface area contributed by atoms with Crippen LogP contribution in [0, 0.1) is 20.8 Å². The fraction of sp³-hybridized carbons (Fsp3) is 0.294. The van der Waals surface area contributed by atoms with Gasteiger partial charge in [0, 0.05) is 17.1 Å². The van der Waals surface area contributed by atoms with Crippen LogP contribution in [0.25, 0.3) is 0 Å². The standard InChI is InChI=1S/C17H21NS/c1-12-9-13(2)17(14(3)10-12)18-11-15-5-7-16(19-4)8-6-15/h5-10,18H,11H2,1-4H3. The molecule has 100 valence electrons. The van der Waals surface area contributed by atoms with E-state index in [1.165, 1.54) is 32.8 Å². The third-order valence-corrected chi connectivity index (χ3v) is 4.05. The van der Waals surface area contributed by atoms with Crippen LogP contribution in [0.2, 0.25) is 0 Å². The Morgan fingerprint density at radius 2 is 1.53 bits per heavy atom. The summed E-state index contributed by atoms with van der Waals surface area (Å²) in [6.45, 7) is 7.35. The van der Waals surface area contributed by atoms with E-state index in [0.29, 0.717) is 0 Å². The second-order valence-electron chi connectivity index (χ2n) is 4.98. The number of nitrogens with one attached hydrogen (secondary N) is 1. The van der Waals surface area contributed by atoms with Gasteiger partial charge in [-0.2, -0.15) is 0 Å². The molecule has 0 amide bonds. The number of benzene rings is 2. The minimum Gasteiger partial charge on any atom is -0.381 e. The van der Waals surface area contributed by atoms with Gasteiger partial charge in [0.1, 0.15) is 0 Å². The fourth-order valence-electron chi connectivity index (χ4n) is 2.39. The van der Waals surface area contributed by atoms with Crippen molar-refractivity contribution in [2.45, 2.75) is 32.2 Å². The van der Waals surface area contributed by atoms with Gasteiger partial charge in [0.2, 0.25) is 0 Å². The largest absolute Gasteiger partial charge is 0.381 e. The number of hydrogen-bond donors (Lipinski definition) is 1. The van der Waals surface area contributed by atoms with Gasteiger partial charge < -0.3 is 5.32 Å². The molecule has 0 aliphatic heterocycles. The van der Waals surface area contributed by atoms with E-state index in [1.807, 2.05) is 0 Å². The van der Waals surface area contributed by atoms with Crippen LogP contribution in [0.15, 0.2) is 41.3 Å². The Kier molecular flexibility index (Phi) is 4.54. The second-order valence-corrected chi connectivity index (χ2v) is 5.85. The molecule has 2 heteroatoms. The zero-order valence-corrected chi connectivity index (χ0v) is 12.9. The van der Waals surface area contributed by atoms with Crippen molar-refractivity contribution in [3.63, 3.8) is 0 Å². The Hall–Kier alpha value is -1.41. The SMILES string of the molecule is CSc1ccc(CNc2c(C)cc(C)cc2C)cc1. The molecule has 0 unspecified atom stereocenters. The topological polar surface area (TPSA) is 12.0 Å². The lowest BCUT2D eigenvalue weighted by Gasteiger charge is -2.14. The summed E-state index contributed by atoms with van der Waals surface area (Å²) in [6, 6.07) is 13.2. The summed E-state index contributed by atoms with van der Waals surface area (Å²) >= 11 is 1.78. The first-order valence-electron chi connectivity index (χ1n) is 6.55. The van der Waals surface area contributed by atoms with Crippen LogP contribution in [0.3, 0.4) is 0 Å². The van der Waals surface area contributed by atoms with Crippen LogP contribution < -0.4 is 5.32 Å². The number of thioether (sulfide) groups is 1. The average molecular weight is 271 g/mol. The molecular weight excluding hydrogens is 250 g/mol. The van der Waals surface area contributed by atoms with Crippen LogP contribution in [-0.4, -0.2) is 6.26 Å². The highest BCUT2D eigenvalue weighted by atomic mass is 32.2. The van der Waals surface area contributed by atoms with E-state index in [9.17, 15) is 0 Å². The van der Waals surface area contributed by atoms with Crippen molar-refractivity contribution >= 4 is 17.4 Å². The number of aryl methyl sites for hydroxylation is 3. The van der Waals surface area contributed by atoms with Gasteiger partial charge >= 0.3 is 0 Å². The van der Waals surface area contributed by atoms with Crippen LogP contribution in [0.4, 0.5) is 5.69 Å². The Bertz CT molecular complexity index is 535. The van der Waals surface area contributed by atoms with Gasteiger partial charge in [-0.3, -0.25) is 0 Å². The van der Waals surface area contributed by atoms with E-state index in [1.54, 1.807) is 11.8 Å². The van der Waals surface area contributed by atoms with Crippen molar-refractivity contribution in [2.75, 3.05) is 11.6 Å².